The summed E-state index contributed by atoms with van der Waals surface area (Å²) >= 11 is 4.96. The van der Waals surface area contributed by atoms with Gasteiger partial charge < -0.3 is 0 Å². The average Bonchev–Trinajstić information content (AvgIpc) is 2.96. The lowest BCUT2D eigenvalue weighted by molar-refractivity contribution is 0.0902. The Kier molecular flexibility index (Phi) is 4.77. The maximum Gasteiger partial charge on any atom is 0.187 e. The predicted octanol–water partition coefficient (Wildman–Crippen LogP) is 3.96. The van der Waals surface area contributed by atoms with Crippen LogP contribution in [0.1, 0.15) is 42.3 Å². The van der Waals surface area contributed by atoms with Crippen LogP contribution in [0.4, 0.5) is 0 Å². The zero-order valence-electron chi connectivity index (χ0n) is 10.1. The van der Waals surface area contributed by atoms with Crippen molar-refractivity contribution in [2.75, 3.05) is 13.1 Å². The van der Waals surface area contributed by atoms with E-state index in [1.807, 2.05) is 11.4 Å². The van der Waals surface area contributed by atoms with Crippen molar-refractivity contribution in [1.82, 2.24) is 4.90 Å². The largest absolute Gasteiger partial charge is 0.293 e. The van der Waals surface area contributed by atoms with E-state index in [1.165, 1.54) is 37.0 Å². The Morgan fingerprint density at radius 2 is 2.24 bits per heavy atom. The van der Waals surface area contributed by atoms with Crippen LogP contribution in [0.3, 0.4) is 0 Å². The van der Waals surface area contributed by atoms with Gasteiger partial charge in [-0.15, -0.1) is 11.3 Å². The topological polar surface area (TPSA) is 20.3 Å². The van der Waals surface area contributed by atoms with Crippen molar-refractivity contribution in [2.45, 2.75) is 38.6 Å². The summed E-state index contributed by atoms with van der Waals surface area (Å²) in [5, 5.41) is 1.96. The molecule has 2 rings (SSSR count). The molecule has 0 amide bonds. The molecule has 4 heteroatoms. The van der Waals surface area contributed by atoms with Crippen molar-refractivity contribution in [1.29, 1.82) is 0 Å². The number of carbonyl (C=O) groups excluding carboxylic acids is 1. The molecular weight excluding hydrogens is 298 g/mol. The number of hydrogen-bond donors (Lipinski definition) is 0. The van der Waals surface area contributed by atoms with Crippen molar-refractivity contribution >= 4 is 33.0 Å². The number of nitrogens with zero attached hydrogens (tertiary/aromatic N) is 1. The molecule has 1 aliphatic rings. The molecule has 1 aliphatic carbocycles. The summed E-state index contributed by atoms with van der Waals surface area (Å²) in [6, 6.07) is 2.58. The average molecular weight is 316 g/mol. The van der Waals surface area contributed by atoms with Gasteiger partial charge in [0.15, 0.2) is 5.78 Å². The smallest absolute Gasteiger partial charge is 0.187 e. The Labute approximate surface area is 115 Å². The van der Waals surface area contributed by atoms with Crippen LogP contribution in [0.2, 0.25) is 0 Å². The van der Waals surface area contributed by atoms with Crippen molar-refractivity contribution in [3.63, 3.8) is 0 Å². The fourth-order valence-corrected chi connectivity index (χ4v) is 4.04. The SMILES string of the molecule is CCN(CC(=O)c1sccc1Br)C1CCCC1. The molecule has 0 atom stereocenters. The first-order valence-corrected chi connectivity index (χ1v) is 7.90. The zero-order chi connectivity index (χ0) is 12.3. The molecule has 0 N–H and O–H groups in total. The predicted molar refractivity (Wildman–Crippen MR) is 75.9 cm³/mol. The van der Waals surface area contributed by atoms with Gasteiger partial charge in [0.1, 0.15) is 0 Å². The van der Waals surface area contributed by atoms with E-state index >= 15 is 0 Å². The molecule has 1 heterocycles. The van der Waals surface area contributed by atoms with E-state index in [9.17, 15) is 4.79 Å². The summed E-state index contributed by atoms with van der Waals surface area (Å²) in [6.45, 7) is 3.69. The molecule has 0 unspecified atom stereocenters. The molecule has 1 aromatic heterocycles. The van der Waals surface area contributed by atoms with Gasteiger partial charge in [-0.05, 0) is 46.8 Å². The van der Waals surface area contributed by atoms with Crippen molar-refractivity contribution < 1.29 is 4.79 Å². The van der Waals surface area contributed by atoms with Gasteiger partial charge in [0.25, 0.3) is 0 Å². The highest BCUT2D eigenvalue weighted by Gasteiger charge is 2.24. The lowest BCUT2D eigenvalue weighted by atomic mass is 10.2. The first kappa shape index (κ1) is 13.2. The van der Waals surface area contributed by atoms with Crippen molar-refractivity contribution in [3.05, 3.63) is 20.8 Å². The molecule has 2 nitrogen and oxygen atoms in total. The third-order valence-corrected chi connectivity index (χ3v) is 5.34. The van der Waals surface area contributed by atoms with Gasteiger partial charge >= 0.3 is 0 Å². The summed E-state index contributed by atoms with van der Waals surface area (Å²) in [7, 11) is 0. The van der Waals surface area contributed by atoms with Gasteiger partial charge in [-0.2, -0.15) is 0 Å². The molecule has 0 saturated heterocycles. The van der Waals surface area contributed by atoms with E-state index in [-0.39, 0.29) is 5.78 Å². The summed E-state index contributed by atoms with van der Waals surface area (Å²) in [5.74, 6) is 0.251. The van der Waals surface area contributed by atoms with Crippen LogP contribution in [0.5, 0.6) is 0 Å². The Balaban J connectivity index is 1.99. The third kappa shape index (κ3) is 3.18. The third-order valence-electron chi connectivity index (χ3n) is 3.46. The number of carbonyl (C=O) groups is 1. The molecule has 1 saturated carbocycles. The van der Waals surface area contributed by atoms with Gasteiger partial charge in [-0.3, -0.25) is 9.69 Å². The maximum absolute atomic E-state index is 12.2. The highest BCUT2D eigenvalue weighted by Crippen LogP contribution is 2.26. The number of rotatable bonds is 5. The van der Waals surface area contributed by atoms with Crippen LogP contribution in [0.15, 0.2) is 15.9 Å². The Hall–Kier alpha value is -0.190. The van der Waals surface area contributed by atoms with Crippen LogP contribution in [-0.4, -0.2) is 29.8 Å². The van der Waals surface area contributed by atoms with E-state index < -0.39 is 0 Å². The van der Waals surface area contributed by atoms with Crippen LogP contribution in [-0.2, 0) is 0 Å². The molecule has 0 spiro atoms. The van der Waals surface area contributed by atoms with Gasteiger partial charge in [-0.1, -0.05) is 19.8 Å². The fourth-order valence-electron chi connectivity index (χ4n) is 2.52. The van der Waals surface area contributed by atoms with Crippen LogP contribution in [0, 0.1) is 0 Å². The van der Waals surface area contributed by atoms with Crippen LogP contribution in [0.25, 0.3) is 0 Å². The van der Waals surface area contributed by atoms with Crippen LogP contribution >= 0.6 is 27.3 Å². The molecule has 0 aromatic carbocycles. The molecule has 0 aliphatic heterocycles. The second-order valence-corrected chi connectivity index (χ2v) is 6.29. The van der Waals surface area contributed by atoms with Gasteiger partial charge in [0.05, 0.1) is 11.4 Å². The summed E-state index contributed by atoms with van der Waals surface area (Å²) in [6.07, 6.45) is 5.15. The van der Waals surface area contributed by atoms with Crippen molar-refractivity contribution in [2.24, 2.45) is 0 Å². The number of Topliss-reactive ketones (excluding diaryl/α,β-unsaturated/α-hetero) is 1. The highest BCUT2D eigenvalue weighted by molar-refractivity contribution is 9.10. The molecule has 1 fully saturated rings. The summed E-state index contributed by atoms with van der Waals surface area (Å²) < 4.78 is 0.940. The van der Waals surface area contributed by atoms with Crippen LogP contribution < -0.4 is 0 Å². The summed E-state index contributed by atoms with van der Waals surface area (Å²) in [4.78, 5) is 15.4. The minimum Gasteiger partial charge on any atom is -0.293 e. The molecular formula is C13H18BrNOS. The van der Waals surface area contributed by atoms with Gasteiger partial charge in [0.2, 0.25) is 0 Å². The molecule has 1 aromatic rings. The first-order chi connectivity index (χ1) is 8.22. The second kappa shape index (κ2) is 6.12. The number of halogens is 1. The minimum atomic E-state index is 0.251. The molecule has 0 radical (unpaired) electrons. The first-order valence-electron chi connectivity index (χ1n) is 6.22. The van der Waals surface area contributed by atoms with E-state index in [2.05, 4.69) is 27.8 Å². The monoisotopic (exact) mass is 315 g/mol. The van der Waals surface area contributed by atoms with Gasteiger partial charge in [-0.25, -0.2) is 0 Å². The quantitative estimate of drug-likeness (QED) is 0.767. The number of thiophene rings is 1. The van der Waals surface area contributed by atoms with E-state index in [4.69, 9.17) is 0 Å². The maximum atomic E-state index is 12.2. The van der Waals surface area contributed by atoms with Gasteiger partial charge in [0, 0.05) is 10.5 Å². The normalized spacial score (nSPS) is 16.9. The van der Waals surface area contributed by atoms with Crippen molar-refractivity contribution in [3.8, 4) is 0 Å². The lowest BCUT2D eigenvalue weighted by Gasteiger charge is -2.26. The zero-order valence-corrected chi connectivity index (χ0v) is 12.5. The minimum absolute atomic E-state index is 0.251. The summed E-state index contributed by atoms with van der Waals surface area (Å²) in [5.41, 5.74) is 0. The second-order valence-electron chi connectivity index (χ2n) is 4.52. The molecule has 0 bridgehead atoms. The molecule has 17 heavy (non-hydrogen) atoms. The number of ketones is 1. The highest BCUT2D eigenvalue weighted by atomic mass is 79.9. The Bertz CT molecular complexity index is 385. The number of hydrogen-bond acceptors (Lipinski definition) is 3. The Morgan fingerprint density at radius 3 is 2.76 bits per heavy atom. The Morgan fingerprint density at radius 1 is 1.53 bits per heavy atom. The molecule has 94 valence electrons. The van der Waals surface area contributed by atoms with E-state index in [1.54, 1.807) is 0 Å². The van der Waals surface area contributed by atoms with E-state index in [0.29, 0.717) is 12.6 Å². The standard InChI is InChI=1S/C13H18BrNOS/c1-2-15(10-5-3-4-6-10)9-12(16)13-11(14)7-8-17-13/h7-8,10H,2-6,9H2,1H3. The fraction of sp³-hybridized carbons (Fsp3) is 0.615. The van der Waals surface area contributed by atoms with E-state index in [0.717, 1.165) is 15.9 Å². The number of likely N-dealkylation sites (N-methyl/N-ethyl adjacent to an activating group) is 1. The lowest BCUT2D eigenvalue weighted by Crippen LogP contribution is -2.37.